The van der Waals surface area contributed by atoms with E-state index in [1.807, 2.05) is 6.92 Å². The first-order chi connectivity index (χ1) is 5.56. The van der Waals surface area contributed by atoms with E-state index in [-0.39, 0.29) is 17.4 Å². The second-order valence-electron chi connectivity index (χ2n) is 5.19. The maximum Gasteiger partial charge on any atom is 0.143 e. The summed E-state index contributed by atoms with van der Waals surface area (Å²) in [5.41, 5.74) is -0.263. The van der Waals surface area contributed by atoms with Gasteiger partial charge in [-0.05, 0) is 18.3 Å². The van der Waals surface area contributed by atoms with Gasteiger partial charge >= 0.3 is 0 Å². The SMILES string of the molecule is C[C@@]12CC3C(C1=O)[C@H]3[C@@]2(C)CO. The Bertz CT molecular complexity index is 286. The van der Waals surface area contributed by atoms with Gasteiger partial charge in [0.15, 0.2) is 0 Å². The summed E-state index contributed by atoms with van der Waals surface area (Å²) in [4.78, 5) is 11.8. The summed E-state index contributed by atoms with van der Waals surface area (Å²) >= 11 is 0. The zero-order valence-electron chi connectivity index (χ0n) is 7.50. The third-order valence-corrected chi connectivity index (χ3v) is 4.98. The predicted molar refractivity (Wildman–Crippen MR) is 43.4 cm³/mol. The lowest BCUT2D eigenvalue weighted by Crippen LogP contribution is -2.37. The highest BCUT2D eigenvalue weighted by atomic mass is 16.3. The summed E-state index contributed by atoms with van der Waals surface area (Å²) in [7, 11) is 0. The molecule has 0 aromatic carbocycles. The Morgan fingerprint density at radius 2 is 2.25 bits per heavy atom. The van der Waals surface area contributed by atoms with Crippen molar-refractivity contribution in [3.05, 3.63) is 0 Å². The molecule has 0 aromatic rings. The number of hydrogen-bond donors (Lipinski definition) is 1. The van der Waals surface area contributed by atoms with Crippen molar-refractivity contribution < 1.29 is 9.90 Å². The minimum Gasteiger partial charge on any atom is -0.396 e. The molecule has 2 nitrogen and oxygen atoms in total. The number of ketones is 1. The molecule has 2 heteroatoms. The van der Waals surface area contributed by atoms with Crippen LogP contribution in [0.25, 0.3) is 0 Å². The molecule has 0 spiro atoms. The number of Topliss-reactive ketones (excluding diaryl/α,β-unsaturated/α-hetero) is 1. The summed E-state index contributed by atoms with van der Waals surface area (Å²) in [5.74, 6) is 1.95. The van der Waals surface area contributed by atoms with Gasteiger partial charge in [0.1, 0.15) is 5.78 Å². The van der Waals surface area contributed by atoms with E-state index in [1.165, 1.54) is 0 Å². The fraction of sp³-hybridized carbons (Fsp3) is 0.900. The van der Waals surface area contributed by atoms with Crippen molar-refractivity contribution in [2.45, 2.75) is 20.3 Å². The third kappa shape index (κ3) is 0.395. The van der Waals surface area contributed by atoms with Gasteiger partial charge in [-0.15, -0.1) is 0 Å². The largest absolute Gasteiger partial charge is 0.396 e. The Morgan fingerprint density at radius 3 is 2.42 bits per heavy atom. The molecule has 4 saturated carbocycles. The highest BCUT2D eigenvalue weighted by Gasteiger charge is 2.83. The standard InChI is InChI=1S/C10H14O2/c1-9-3-5-6(8(9)12)7(5)10(9,2)4-11/h5-7,11H,3-4H2,1-2H3/t5?,6?,7-,9+,10+/m0/s1. The van der Waals surface area contributed by atoms with Crippen LogP contribution in [0.5, 0.6) is 0 Å². The van der Waals surface area contributed by atoms with Crippen LogP contribution >= 0.6 is 0 Å². The predicted octanol–water partition coefficient (Wildman–Crippen LogP) is 0.840. The molecule has 0 saturated heterocycles. The molecular weight excluding hydrogens is 152 g/mol. The van der Waals surface area contributed by atoms with E-state index < -0.39 is 0 Å². The van der Waals surface area contributed by atoms with Crippen molar-refractivity contribution in [3.63, 3.8) is 0 Å². The van der Waals surface area contributed by atoms with Crippen LogP contribution in [0.2, 0.25) is 0 Å². The molecule has 4 fully saturated rings. The molecule has 2 unspecified atom stereocenters. The Kier molecular flexibility index (Phi) is 0.885. The molecule has 0 amide bonds. The molecule has 66 valence electrons. The van der Waals surface area contributed by atoms with E-state index in [9.17, 15) is 9.90 Å². The van der Waals surface area contributed by atoms with Gasteiger partial charge < -0.3 is 5.11 Å². The fourth-order valence-corrected chi connectivity index (χ4v) is 3.96. The zero-order chi connectivity index (χ0) is 8.72. The maximum atomic E-state index is 11.8. The van der Waals surface area contributed by atoms with Gasteiger partial charge in [0.2, 0.25) is 0 Å². The van der Waals surface area contributed by atoms with E-state index in [4.69, 9.17) is 0 Å². The first kappa shape index (κ1) is 7.07. The van der Waals surface area contributed by atoms with Crippen molar-refractivity contribution in [3.8, 4) is 0 Å². The third-order valence-electron chi connectivity index (χ3n) is 4.98. The molecule has 0 aromatic heterocycles. The average molecular weight is 166 g/mol. The quantitative estimate of drug-likeness (QED) is 0.626. The molecule has 0 aliphatic heterocycles. The van der Waals surface area contributed by atoms with Crippen LogP contribution in [0.1, 0.15) is 20.3 Å². The first-order valence-corrected chi connectivity index (χ1v) is 4.71. The maximum absolute atomic E-state index is 11.8. The Balaban J connectivity index is 2.17. The average Bonchev–Trinajstić information content (AvgIpc) is 2.56. The molecule has 4 rings (SSSR count). The summed E-state index contributed by atoms with van der Waals surface area (Å²) < 4.78 is 0. The first-order valence-electron chi connectivity index (χ1n) is 4.71. The highest BCUT2D eigenvalue weighted by molar-refractivity contribution is 5.97. The van der Waals surface area contributed by atoms with Gasteiger partial charge in [-0.1, -0.05) is 13.8 Å². The van der Waals surface area contributed by atoms with Crippen molar-refractivity contribution in [2.24, 2.45) is 28.6 Å². The van der Waals surface area contributed by atoms with Crippen LogP contribution in [0.4, 0.5) is 0 Å². The molecule has 4 bridgehead atoms. The number of carbonyl (C=O) groups excluding carboxylic acids is 1. The summed E-state index contributed by atoms with van der Waals surface area (Å²) in [5, 5.41) is 9.35. The number of carbonyl (C=O) groups is 1. The van der Waals surface area contributed by atoms with Crippen molar-refractivity contribution >= 4 is 5.78 Å². The van der Waals surface area contributed by atoms with E-state index in [1.54, 1.807) is 0 Å². The topological polar surface area (TPSA) is 37.3 Å². The minimum atomic E-state index is -0.179. The molecule has 5 atom stereocenters. The van der Waals surface area contributed by atoms with Crippen LogP contribution in [0, 0.1) is 28.6 Å². The second kappa shape index (κ2) is 1.50. The van der Waals surface area contributed by atoms with Crippen LogP contribution in [0.15, 0.2) is 0 Å². The van der Waals surface area contributed by atoms with Crippen molar-refractivity contribution in [1.29, 1.82) is 0 Å². The van der Waals surface area contributed by atoms with Gasteiger partial charge in [0, 0.05) is 23.4 Å². The van der Waals surface area contributed by atoms with Gasteiger partial charge in [-0.25, -0.2) is 0 Å². The number of rotatable bonds is 1. The Hall–Kier alpha value is -0.370. The van der Waals surface area contributed by atoms with E-state index in [2.05, 4.69) is 6.92 Å². The monoisotopic (exact) mass is 166 g/mol. The molecule has 1 N–H and O–H groups in total. The highest BCUT2D eigenvalue weighted by Crippen LogP contribution is 2.81. The van der Waals surface area contributed by atoms with E-state index in [0.717, 1.165) is 6.42 Å². The molecule has 4 aliphatic rings. The molecule has 0 radical (unpaired) electrons. The van der Waals surface area contributed by atoms with E-state index in [0.29, 0.717) is 23.5 Å². The van der Waals surface area contributed by atoms with Crippen LogP contribution in [-0.2, 0) is 4.79 Å². The van der Waals surface area contributed by atoms with Crippen molar-refractivity contribution in [2.75, 3.05) is 6.61 Å². The Morgan fingerprint density at radius 1 is 1.58 bits per heavy atom. The summed E-state index contributed by atoms with van der Waals surface area (Å²) in [6.07, 6.45) is 1.04. The number of aliphatic hydroxyl groups excluding tert-OH is 1. The van der Waals surface area contributed by atoms with Crippen LogP contribution in [-0.4, -0.2) is 17.5 Å². The smallest absolute Gasteiger partial charge is 0.143 e. The van der Waals surface area contributed by atoms with Gasteiger partial charge in [0.25, 0.3) is 0 Å². The normalized spacial score (nSPS) is 65.9. The zero-order valence-corrected chi connectivity index (χ0v) is 7.50. The Labute approximate surface area is 72.0 Å². The number of aliphatic hydroxyl groups is 1. The van der Waals surface area contributed by atoms with E-state index >= 15 is 0 Å². The molecular formula is C10H14O2. The lowest BCUT2D eigenvalue weighted by molar-refractivity contribution is -0.129. The number of hydrogen-bond acceptors (Lipinski definition) is 2. The lowest BCUT2D eigenvalue weighted by Gasteiger charge is -2.34. The van der Waals surface area contributed by atoms with Gasteiger partial charge in [-0.2, -0.15) is 0 Å². The minimum absolute atomic E-state index is 0.0839. The van der Waals surface area contributed by atoms with Crippen molar-refractivity contribution in [1.82, 2.24) is 0 Å². The summed E-state index contributed by atoms with van der Waals surface area (Å²) in [6, 6.07) is 0. The van der Waals surface area contributed by atoms with Gasteiger partial charge in [0.05, 0.1) is 0 Å². The molecule has 0 heterocycles. The fourth-order valence-electron chi connectivity index (χ4n) is 3.96. The molecule has 12 heavy (non-hydrogen) atoms. The van der Waals surface area contributed by atoms with Crippen LogP contribution in [0.3, 0.4) is 0 Å². The second-order valence-corrected chi connectivity index (χ2v) is 5.19. The summed E-state index contributed by atoms with van der Waals surface area (Å²) in [6.45, 7) is 4.32. The molecule has 4 aliphatic carbocycles. The lowest BCUT2D eigenvalue weighted by atomic mass is 9.69. The van der Waals surface area contributed by atoms with Gasteiger partial charge in [-0.3, -0.25) is 4.79 Å². The van der Waals surface area contributed by atoms with Crippen LogP contribution < -0.4 is 0 Å².